The molecule has 1 aromatic heterocycles. The maximum Gasteiger partial charge on any atom is 0.248 e. The number of amides is 1. The Morgan fingerprint density at radius 3 is 2.67 bits per heavy atom. The van der Waals surface area contributed by atoms with Gasteiger partial charge in [0.25, 0.3) is 0 Å². The smallest absolute Gasteiger partial charge is 0.248 e. The second kappa shape index (κ2) is 5.83. The van der Waals surface area contributed by atoms with Crippen molar-refractivity contribution < 1.29 is 13.2 Å². The number of hydrogen-bond donors (Lipinski definition) is 3. The minimum Gasteiger partial charge on any atom is -0.383 e. The van der Waals surface area contributed by atoms with Gasteiger partial charge in [-0.2, -0.15) is 9.40 Å². The average Bonchev–Trinajstić information content (AvgIpc) is 2.73. The number of nitrogen functional groups attached to an aromatic ring is 1. The zero-order valence-electron chi connectivity index (χ0n) is 10.3. The summed E-state index contributed by atoms with van der Waals surface area (Å²) in [5.74, 6) is -0.394. The third-order valence-corrected chi connectivity index (χ3v) is 4.24. The Labute approximate surface area is 106 Å². The molecule has 0 aliphatic carbocycles. The summed E-state index contributed by atoms with van der Waals surface area (Å²) in [6.45, 7) is 3.79. The fourth-order valence-electron chi connectivity index (χ4n) is 1.41. The SMILES string of the molecule is CCNC(=O)CN(CC)S(=O)(=O)c1cn[nH]c1N. The van der Waals surface area contributed by atoms with Crippen LogP contribution in [0.3, 0.4) is 0 Å². The molecule has 0 saturated carbocycles. The standard InChI is InChI=1S/C9H17N5O3S/c1-3-11-8(15)6-14(4-2)18(16,17)7-5-12-13-9(7)10/h5H,3-4,6H2,1-2H3,(H,11,15)(H3,10,12,13). The third-order valence-electron chi connectivity index (χ3n) is 2.30. The number of anilines is 1. The number of H-pyrrole nitrogens is 1. The van der Waals surface area contributed by atoms with Gasteiger partial charge in [-0.1, -0.05) is 6.92 Å². The molecular formula is C9H17N5O3S. The summed E-state index contributed by atoms with van der Waals surface area (Å²) in [7, 11) is -3.80. The zero-order valence-corrected chi connectivity index (χ0v) is 11.1. The van der Waals surface area contributed by atoms with Gasteiger partial charge in [0.1, 0.15) is 10.7 Å². The Morgan fingerprint density at radius 2 is 2.22 bits per heavy atom. The highest BCUT2D eigenvalue weighted by Crippen LogP contribution is 2.19. The van der Waals surface area contributed by atoms with Crippen molar-refractivity contribution in [2.45, 2.75) is 18.7 Å². The molecule has 8 nitrogen and oxygen atoms in total. The molecule has 0 bridgehead atoms. The fourth-order valence-corrected chi connectivity index (χ4v) is 2.82. The first kappa shape index (κ1) is 14.5. The van der Waals surface area contributed by atoms with Gasteiger partial charge >= 0.3 is 0 Å². The van der Waals surface area contributed by atoms with Crippen LogP contribution in [0, 0.1) is 0 Å². The number of sulfonamides is 1. The molecule has 1 rings (SSSR count). The topological polar surface area (TPSA) is 121 Å². The van der Waals surface area contributed by atoms with E-state index in [9.17, 15) is 13.2 Å². The van der Waals surface area contributed by atoms with E-state index < -0.39 is 10.0 Å². The number of nitrogens with zero attached hydrogens (tertiary/aromatic N) is 2. The summed E-state index contributed by atoms with van der Waals surface area (Å²) in [6.07, 6.45) is 1.13. The van der Waals surface area contributed by atoms with Crippen molar-refractivity contribution in [3.05, 3.63) is 6.20 Å². The number of rotatable bonds is 6. The van der Waals surface area contributed by atoms with Crippen LogP contribution in [0.1, 0.15) is 13.8 Å². The summed E-state index contributed by atoms with van der Waals surface area (Å²) in [5.41, 5.74) is 5.48. The van der Waals surface area contributed by atoms with Crippen LogP contribution < -0.4 is 11.1 Å². The molecule has 0 spiro atoms. The van der Waals surface area contributed by atoms with Crippen molar-refractivity contribution >= 4 is 21.7 Å². The summed E-state index contributed by atoms with van der Waals surface area (Å²) in [5, 5.41) is 8.46. The lowest BCUT2D eigenvalue weighted by molar-refractivity contribution is -0.121. The lowest BCUT2D eigenvalue weighted by Crippen LogP contribution is -2.40. The molecule has 0 fully saturated rings. The van der Waals surface area contributed by atoms with Crippen LogP contribution in [0.4, 0.5) is 5.82 Å². The molecule has 0 atom stereocenters. The molecule has 1 aromatic rings. The fraction of sp³-hybridized carbons (Fsp3) is 0.556. The molecule has 18 heavy (non-hydrogen) atoms. The molecule has 0 aromatic carbocycles. The summed E-state index contributed by atoms with van der Waals surface area (Å²) < 4.78 is 25.4. The molecule has 0 aliphatic rings. The number of nitrogens with two attached hydrogens (primary N) is 1. The second-order valence-electron chi connectivity index (χ2n) is 3.53. The van der Waals surface area contributed by atoms with Crippen LogP contribution in [-0.4, -0.2) is 48.5 Å². The van der Waals surface area contributed by atoms with Crippen LogP contribution in [0.15, 0.2) is 11.1 Å². The minimum absolute atomic E-state index is 0.0376. The van der Waals surface area contributed by atoms with Crippen LogP contribution in [-0.2, 0) is 14.8 Å². The van der Waals surface area contributed by atoms with E-state index in [1.165, 1.54) is 0 Å². The highest BCUT2D eigenvalue weighted by atomic mass is 32.2. The van der Waals surface area contributed by atoms with E-state index in [0.29, 0.717) is 6.54 Å². The average molecular weight is 275 g/mol. The predicted octanol–water partition coefficient (Wildman–Crippen LogP) is -0.861. The van der Waals surface area contributed by atoms with Crippen LogP contribution >= 0.6 is 0 Å². The van der Waals surface area contributed by atoms with Gasteiger partial charge in [-0.15, -0.1) is 0 Å². The Kier molecular flexibility index (Phi) is 4.68. The molecule has 0 unspecified atom stereocenters. The van der Waals surface area contributed by atoms with Crippen LogP contribution in [0.25, 0.3) is 0 Å². The lowest BCUT2D eigenvalue weighted by atomic mass is 10.5. The molecule has 0 aliphatic heterocycles. The van der Waals surface area contributed by atoms with Gasteiger partial charge in [-0.05, 0) is 6.92 Å². The van der Waals surface area contributed by atoms with E-state index in [4.69, 9.17) is 5.73 Å². The van der Waals surface area contributed by atoms with Gasteiger partial charge in [0.15, 0.2) is 0 Å². The normalized spacial score (nSPS) is 11.7. The number of likely N-dealkylation sites (N-methyl/N-ethyl adjacent to an activating group) is 2. The van der Waals surface area contributed by atoms with Gasteiger partial charge in [-0.25, -0.2) is 8.42 Å². The van der Waals surface area contributed by atoms with Crippen molar-refractivity contribution in [1.29, 1.82) is 0 Å². The first-order chi connectivity index (χ1) is 8.43. The van der Waals surface area contributed by atoms with Gasteiger partial charge in [0.05, 0.1) is 12.7 Å². The molecule has 102 valence electrons. The Bertz CT molecular complexity index is 510. The lowest BCUT2D eigenvalue weighted by Gasteiger charge is -2.19. The van der Waals surface area contributed by atoms with E-state index in [2.05, 4.69) is 15.5 Å². The third kappa shape index (κ3) is 2.99. The largest absolute Gasteiger partial charge is 0.383 e. The Morgan fingerprint density at radius 1 is 1.56 bits per heavy atom. The highest BCUT2D eigenvalue weighted by molar-refractivity contribution is 7.89. The minimum atomic E-state index is -3.80. The van der Waals surface area contributed by atoms with Crippen LogP contribution in [0.2, 0.25) is 0 Å². The van der Waals surface area contributed by atoms with Crippen molar-refractivity contribution in [3.8, 4) is 0 Å². The maximum atomic E-state index is 12.2. The molecule has 0 radical (unpaired) electrons. The maximum absolute atomic E-state index is 12.2. The Hall–Kier alpha value is -1.61. The molecule has 4 N–H and O–H groups in total. The number of aromatic nitrogens is 2. The quantitative estimate of drug-likeness (QED) is 0.623. The second-order valence-corrected chi connectivity index (χ2v) is 5.44. The van der Waals surface area contributed by atoms with Gasteiger partial charge < -0.3 is 11.1 Å². The summed E-state index contributed by atoms with van der Waals surface area (Å²) >= 11 is 0. The van der Waals surface area contributed by atoms with E-state index in [1.807, 2.05) is 0 Å². The van der Waals surface area contributed by atoms with E-state index >= 15 is 0 Å². The molecule has 1 amide bonds. The number of hydrogen-bond acceptors (Lipinski definition) is 5. The van der Waals surface area contributed by atoms with Crippen molar-refractivity contribution in [2.75, 3.05) is 25.4 Å². The summed E-state index contributed by atoms with van der Waals surface area (Å²) in [6, 6.07) is 0. The number of carbonyl (C=O) groups excluding carboxylic acids is 1. The number of aromatic amines is 1. The molecular weight excluding hydrogens is 258 g/mol. The van der Waals surface area contributed by atoms with Gasteiger partial charge in [0.2, 0.25) is 15.9 Å². The van der Waals surface area contributed by atoms with E-state index in [-0.39, 0.29) is 29.7 Å². The Balaban J connectivity index is 2.95. The monoisotopic (exact) mass is 275 g/mol. The van der Waals surface area contributed by atoms with Crippen molar-refractivity contribution in [3.63, 3.8) is 0 Å². The number of nitrogens with one attached hydrogen (secondary N) is 2. The predicted molar refractivity (Wildman–Crippen MR) is 66.1 cm³/mol. The van der Waals surface area contributed by atoms with E-state index in [0.717, 1.165) is 10.5 Å². The molecule has 1 heterocycles. The molecule has 0 saturated heterocycles. The first-order valence-corrected chi connectivity index (χ1v) is 6.93. The zero-order chi connectivity index (χ0) is 13.8. The van der Waals surface area contributed by atoms with Crippen molar-refractivity contribution in [1.82, 2.24) is 19.8 Å². The first-order valence-electron chi connectivity index (χ1n) is 5.49. The number of carbonyl (C=O) groups is 1. The molecule has 9 heteroatoms. The van der Waals surface area contributed by atoms with Crippen LogP contribution in [0.5, 0.6) is 0 Å². The van der Waals surface area contributed by atoms with Gasteiger partial charge in [0, 0.05) is 13.1 Å². The van der Waals surface area contributed by atoms with E-state index in [1.54, 1.807) is 13.8 Å². The van der Waals surface area contributed by atoms with Crippen molar-refractivity contribution in [2.24, 2.45) is 0 Å². The summed E-state index contributed by atoms with van der Waals surface area (Å²) in [4.78, 5) is 11.3. The highest BCUT2D eigenvalue weighted by Gasteiger charge is 2.28. The van der Waals surface area contributed by atoms with Gasteiger partial charge in [-0.3, -0.25) is 9.89 Å².